The predicted molar refractivity (Wildman–Crippen MR) is 196 cm³/mol. The van der Waals surface area contributed by atoms with Gasteiger partial charge in [0.2, 0.25) is 0 Å². The zero-order chi connectivity index (χ0) is 35.8. The minimum Gasteiger partial charge on any atom is -0.508 e. The zero-order valence-electron chi connectivity index (χ0n) is 28.8. The van der Waals surface area contributed by atoms with Gasteiger partial charge in [-0.15, -0.1) is 0 Å². The maximum Gasteiger partial charge on any atom is 0.264 e. The minimum absolute atomic E-state index is 0.0362. The van der Waals surface area contributed by atoms with Crippen molar-refractivity contribution in [2.45, 2.75) is 25.9 Å². The summed E-state index contributed by atoms with van der Waals surface area (Å²) in [6.45, 7) is 6.10. The number of halogens is 1. The largest absolute Gasteiger partial charge is 0.508 e. The molecule has 10 nitrogen and oxygen atoms in total. The number of rotatable bonds is 7. The summed E-state index contributed by atoms with van der Waals surface area (Å²) in [6, 6.07) is 25.6. The molecule has 0 radical (unpaired) electrons. The summed E-state index contributed by atoms with van der Waals surface area (Å²) < 4.78 is 9.16. The van der Waals surface area contributed by atoms with Crippen molar-refractivity contribution in [2.24, 2.45) is 14.1 Å². The molecule has 0 unspecified atom stereocenters. The van der Waals surface area contributed by atoms with Crippen LogP contribution in [-0.4, -0.2) is 74.7 Å². The first-order valence-electron chi connectivity index (χ1n) is 17.0. The Kier molecular flexibility index (Phi) is 9.44. The molecule has 7 rings (SSSR count). The van der Waals surface area contributed by atoms with E-state index < -0.39 is 0 Å². The van der Waals surface area contributed by atoms with E-state index in [1.54, 1.807) is 65.2 Å². The SMILES string of the molecule is Cc1c(N(C(=O)c2cc(-c3cc(Cl)ccc3C(=O)N3Cc4ccccc4C[C@H]3CN3CCOCC3)n(C)c2)c2ccc(O)cc2)cc(C#N)n1C. The van der Waals surface area contributed by atoms with E-state index in [2.05, 4.69) is 29.2 Å². The van der Waals surface area contributed by atoms with Crippen LogP contribution in [0.2, 0.25) is 5.02 Å². The summed E-state index contributed by atoms with van der Waals surface area (Å²) in [5, 5.41) is 20.2. The van der Waals surface area contributed by atoms with Gasteiger partial charge in [0.05, 0.1) is 24.5 Å². The van der Waals surface area contributed by atoms with Crippen molar-refractivity contribution in [3.63, 3.8) is 0 Å². The monoisotopic (exact) mass is 702 g/mol. The Bertz CT molecular complexity index is 2160. The Hall–Kier alpha value is -5.34. The quantitative estimate of drug-likeness (QED) is 0.209. The number of aromatic hydroxyl groups is 1. The Balaban J connectivity index is 1.27. The normalized spacial score (nSPS) is 16.1. The molecule has 11 heteroatoms. The van der Waals surface area contributed by atoms with Gasteiger partial charge in [0.15, 0.2) is 0 Å². The second-order valence-corrected chi connectivity index (χ2v) is 13.7. The molecule has 0 aliphatic carbocycles. The van der Waals surface area contributed by atoms with Crippen molar-refractivity contribution in [1.82, 2.24) is 18.9 Å². The molecule has 0 spiro atoms. The van der Waals surface area contributed by atoms with E-state index in [-0.39, 0.29) is 23.6 Å². The molecule has 2 aromatic heterocycles. The summed E-state index contributed by atoms with van der Waals surface area (Å²) in [5.41, 5.74) is 6.74. The number of carbonyl (C=O) groups excluding carboxylic acids is 2. The molecular formula is C40H39ClN6O4. The van der Waals surface area contributed by atoms with Crippen molar-refractivity contribution in [3.05, 3.63) is 124 Å². The Labute approximate surface area is 302 Å². The number of nitriles is 1. The topological polar surface area (TPSA) is 107 Å². The van der Waals surface area contributed by atoms with Crippen LogP contribution in [-0.2, 0) is 31.8 Å². The summed E-state index contributed by atoms with van der Waals surface area (Å²) >= 11 is 6.60. The van der Waals surface area contributed by atoms with Crippen LogP contribution in [0.25, 0.3) is 11.3 Å². The number of aromatic nitrogens is 2. The second-order valence-electron chi connectivity index (χ2n) is 13.2. The molecule has 0 saturated carbocycles. The summed E-state index contributed by atoms with van der Waals surface area (Å²) in [7, 11) is 3.62. The van der Waals surface area contributed by atoms with Crippen molar-refractivity contribution in [2.75, 3.05) is 37.7 Å². The number of anilines is 2. The van der Waals surface area contributed by atoms with Crippen LogP contribution in [0.4, 0.5) is 11.4 Å². The van der Waals surface area contributed by atoms with Crippen molar-refractivity contribution >= 4 is 34.8 Å². The van der Waals surface area contributed by atoms with E-state index in [1.165, 1.54) is 17.7 Å². The van der Waals surface area contributed by atoms with Crippen LogP contribution in [0.1, 0.15) is 43.2 Å². The fourth-order valence-corrected chi connectivity index (χ4v) is 7.37. The summed E-state index contributed by atoms with van der Waals surface area (Å²) in [4.78, 5) is 35.1. The third-order valence-corrected chi connectivity index (χ3v) is 10.3. The standard InChI is InChI=1S/C40H39ClN6O4/c1-26-37(21-32(22-42)44(26)3)47(31-9-11-34(48)12-10-31)39(49)29-19-38(43(2)23-29)36-20-30(41)8-13-35(36)40(50)46-24-28-7-5-4-6-27(28)18-33(46)25-45-14-16-51-17-15-45/h4-13,19-21,23,33,48H,14-18,24-25H2,1-3H3/t33-/m0/s1. The van der Waals surface area contributed by atoms with Crippen LogP contribution in [0.3, 0.4) is 0 Å². The number of amides is 2. The number of fused-ring (bicyclic) bond motifs is 1. The molecule has 0 bridgehead atoms. The van der Waals surface area contributed by atoms with Gasteiger partial charge >= 0.3 is 0 Å². The number of morpholine rings is 1. The highest BCUT2D eigenvalue weighted by atomic mass is 35.5. The van der Waals surface area contributed by atoms with E-state index in [0.29, 0.717) is 64.2 Å². The van der Waals surface area contributed by atoms with Gasteiger partial charge in [0.1, 0.15) is 17.5 Å². The fourth-order valence-electron chi connectivity index (χ4n) is 7.20. The molecular weight excluding hydrogens is 664 g/mol. The number of phenolic OH excluding ortho intramolecular Hbond substituents is 1. The van der Waals surface area contributed by atoms with Gasteiger partial charge in [-0.1, -0.05) is 35.9 Å². The maximum absolute atomic E-state index is 14.7. The van der Waals surface area contributed by atoms with Crippen LogP contribution >= 0.6 is 11.6 Å². The predicted octanol–water partition coefficient (Wildman–Crippen LogP) is 6.45. The van der Waals surface area contributed by atoms with E-state index in [4.69, 9.17) is 16.3 Å². The lowest BCUT2D eigenvalue weighted by atomic mass is 9.92. The van der Waals surface area contributed by atoms with E-state index in [9.17, 15) is 20.0 Å². The number of hydrogen-bond donors (Lipinski definition) is 1. The van der Waals surface area contributed by atoms with Gasteiger partial charge in [-0.25, -0.2) is 0 Å². The number of nitrogens with zero attached hydrogens (tertiary/aromatic N) is 6. The van der Waals surface area contributed by atoms with Gasteiger partial charge in [-0.2, -0.15) is 5.26 Å². The molecule has 2 aliphatic heterocycles. The third-order valence-electron chi connectivity index (χ3n) is 10.1. The average Bonchev–Trinajstić information content (AvgIpc) is 3.67. The number of carbonyl (C=O) groups is 2. The van der Waals surface area contributed by atoms with Gasteiger partial charge in [-0.05, 0) is 79.1 Å². The third kappa shape index (κ3) is 6.64. The highest BCUT2D eigenvalue weighted by Gasteiger charge is 2.34. The highest BCUT2D eigenvalue weighted by Crippen LogP contribution is 2.36. The molecule has 1 fully saturated rings. The molecule has 1 N–H and O–H groups in total. The first kappa shape index (κ1) is 34.1. The first-order chi connectivity index (χ1) is 24.6. The zero-order valence-corrected chi connectivity index (χ0v) is 29.6. The van der Waals surface area contributed by atoms with E-state index in [1.807, 2.05) is 29.5 Å². The number of benzene rings is 3. The summed E-state index contributed by atoms with van der Waals surface area (Å²) in [6.07, 6.45) is 2.49. The van der Waals surface area contributed by atoms with Crippen LogP contribution in [0.5, 0.6) is 5.75 Å². The fraction of sp³-hybridized carbons (Fsp3) is 0.275. The second kappa shape index (κ2) is 14.1. The smallest absolute Gasteiger partial charge is 0.264 e. The Morgan fingerprint density at radius 2 is 1.73 bits per heavy atom. The van der Waals surface area contributed by atoms with Crippen molar-refractivity contribution in [3.8, 4) is 23.1 Å². The lowest BCUT2D eigenvalue weighted by Gasteiger charge is -2.40. The Morgan fingerprint density at radius 3 is 2.43 bits per heavy atom. The molecule has 5 aromatic rings. The van der Waals surface area contributed by atoms with Crippen LogP contribution in [0, 0.1) is 18.3 Å². The molecule has 2 aliphatic rings. The lowest BCUT2D eigenvalue weighted by molar-refractivity contribution is 0.0193. The lowest BCUT2D eigenvalue weighted by Crippen LogP contribution is -2.52. The molecule has 3 aromatic carbocycles. The van der Waals surface area contributed by atoms with E-state index in [0.717, 1.165) is 37.3 Å². The number of phenols is 1. The van der Waals surface area contributed by atoms with Crippen molar-refractivity contribution in [1.29, 1.82) is 5.26 Å². The van der Waals surface area contributed by atoms with Gasteiger partial charge in [-0.3, -0.25) is 19.4 Å². The maximum atomic E-state index is 14.7. The minimum atomic E-state index is -0.339. The highest BCUT2D eigenvalue weighted by molar-refractivity contribution is 6.31. The number of aryl methyl sites for hydroxylation is 1. The van der Waals surface area contributed by atoms with Crippen LogP contribution in [0.15, 0.2) is 85.1 Å². The average molecular weight is 703 g/mol. The van der Waals surface area contributed by atoms with Crippen molar-refractivity contribution < 1.29 is 19.4 Å². The van der Waals surface area contributed by atoms with E-state index >= 15 is 0 Å². The molecule has 4 heterocycles. The molecule has 51 heavy (non-hydrogen) atoms. The Morgan fingerprint density at radius 1 is 1.00 bits per heavy atom. The van der Waals surface area contributed by atoms with Gasteiger partial charge < -0.3 is 23.9 Å². The van der Waals surface area contributed by atoms with Gasteiger partial charge in [0.25, 0.3) is 11.8 Å². The molecule has 1 saturated heterocycles. The number of ether oxygens (including phenoxy) is 1. The number of hydrogen-bond acceptors (Lipinski definition) is 6. The molecule has 1 atom stereocenters. The first-order valence-corrected chi connectivity index (χ1v) is 17.3. The van der Waals surface area contributed by atoms with Crippen LogP contribution < -0.4 is 4.90 Å². The van der Waals surface area contributed by atoms with Gasteiger partial charge in [0, 0.05) is 85.7 Å². The molecule has 2 amide bonds. The summed E-state index contributed by atoms with van der Waals surface area (Å²) in [5.74, 6) is -0.370. The molecule has 260 valence electrons.